The molecule has 1 fully saturated rings. The van der Waals surface area contributed by atoms with Gasteiger partial charge in [-0.15, -0.1) is 6.58 Å². The SMILES string of the molecule is C=CCCC1CCC(c2ccc(-c3ccc(-c4ccc(OCC)c(F)c4F)cc3)c(F)c2)OC1. The highest BCUT2D eigenvalue weighted by Crippen LogP contribution is 2.35. The van der Waals surface area contributed by atoms with Gasteiger partial charge in [0.1, 0.15) is 5.82 Å². The molecular formula is C29H29F3O2. The van der Waals surface area contributed by atoms with E-state index in [0.717, 1.165) is 31.2 Å². The van der Waals surface area contributed by atoms with Gasteiger partial charge in [0.25, 0.3) is 0 Å². The molecule has 1 saturated heterocycles. The second-order valence-electron chi connectivity index (χ2n) is 8.62. The van der Waals surface area contributed by atoms with E-state index in [1.54, 1.807) is 43.3 Å². The van der Waals surface area contributed by atoms with Gasteiger partial charge >= 0.3 is 0 Å². The number of halogens is 3. The van der Waals surface area contributed by atoms with E-state index in [0.29, 0.717) is 29.2 Å². The van der Waals surface area contributed by atoms with Crippen LogP contribution in [0.1, 0.15) is 44.3 Å². The van der Waals surface area contributed by atoms with Crippen molar-refractivity contribution in [2.45, 2.75) is 38.7 Å². The van der Waals surface area contributed by atoms with Crippen LogP contribution in [0.3, 0.4) is 0 Å². The fourth-order valence-corrected chi connectivity index (χ4v) is 4.47. The number of rotatable bonds is 8. The van der Waals surface area contributed by atoms with E-state index in [2.05, 4.69) is 6.58 Å². The summed E-state index contributed by atoms with van der Waals surface area (Å²) in [5.41, 5.74) is 2.58. The van der Waals surface area contributed by atoms with Gasteiger partial charge in [-0.25, -0.2) is 8.78 Å². The lowest BCUT2D eigenvalue weighted by molar-refractivity contribution is -0.0191. The zero-order valence-corrected chi connectivity index (χ0v) is 19.3. The maximum Gasteiger partial charge on any atom is 0.201 e. The molecule has 0 amide bonds. The summed E-state index contributed by atoms with van der Waals surface area (Å²) < 4.78 is 54.9. The van der Waals surface area contributed by atoms with Crippen LogP contribution in [-0.2, 0) is 4.74 Å². The van der Waals surface area contributed by atoms with Crippen molar-refractivity contribution in [2.75, 3.05) is 13.2 Å². The Balaban J connectivity index is 1.48. The summed E-state index contributed by atoms with van der Waals surface area (Å²) in [5, 5.41) is 0. The van der Waals surface area contributed by atoms with Crippen LogP contribution in [0.4, 0.5) is 13.2 Å². The smallest absolute Gasteiger partial charge is 0.201 e. The highest BCUT2D eigenvalue weighted by molar-refractivity contribution is 5.71. The first-order valence-electron chi connectivity index (χ1n) is 11.7. The van der Waals surface area contributed by atoms with Crippen LogP contribution < -0.4 is 4.74 Å². The van der Waals surface area contributed by atoms with Crippen molar-refractivity contribution < 1.29 is 22.6 Å². The zero-order valence-electron chi connectivity index (χ0n) is 19.3. The predicted octanol–water partition coefficient (Wildman–Crippen LogP) is 8.27. The third-order valence-corrected chi connectivity index (χ3v) is 6.37. The Morgan fingerprint density at radius 3 is 2.26 bits per heavy atom. The van der Waals surface area contributed by atoms with Crippen LogP contribution in [0.5, 0.6) is 5.75 Å². The quantitative estimate of drug-likeness (QED) is 0.311. The molecule has 2 nitrogen and oxygen atoms in total. The summed E-state index contributed by atoms with van der Waals surface area (Å²) in [4.78, 5) is 0. The van der Waals surface area contributed by atoms with E-state index in [1.165, 1.54) is 12.1 Å². The van der Waals surface area contributed by atoms with E-state index >= 15 is 4.39 Å². The van der Waals surface area contributed by atoms with Gasteiger partial charge in [-0.3, -0.25) is 0 Å². The molecule has 3 aromatic rings. The molecule has 3 aromatic carbocycles. The second kappa shape index (κ2) is 10.9. The van der Waals surface area contributed by atoms with Gasteiger partial charge in [0.15, 0.2) is 11.6 Å². The monoisotopic (exact) mass is 466 g/mol. The normalized spacial score (nSPS) is 18.0. The Hall–Kier alpha value is -3.05. The van der Waals surface area contributed by atoms with E-state index in [9.17, 15) is 8.78 Å². The molecule has 0 bridgehead atoms. The first-order chi connectivity index (χ1) is 16.5. The van der Waals surface area contributed by atoms with Crippen LogP contribution in [-0.4, -0.2) is 13.2 Å². The molecule has 5 heteroatoms. The maximum atomic E-state index is 15.0. The van der Waals surface area contributed by atoms with E-state index in [4.69, 9.17) is 9.47 Å². The van der Waals surface area contributed by atoms with Crippen molar-refractivity contribution in [1.29, 1.82) is 0 Å². The average Bonchev–Trinajstić information content (AvgIpc) is 2.86. The van der Waals surface area contributed by atoms with Gasteiger partial charge in [-0.05, 0) is 73.4 Å². The van der Waals surface area contributed by atoms with E-state index in [1.807, 2.05) is 12.1 Å². The molecule has 1 heterocycles. The van der Waals surface area contributed by atoms with Crippen molar-refractivity contribution in [3.63, 3.8) is 0 Å². The molecule has 0 aliphatic carbocycles. The lowest BCUT2D eigenvalue weighted by atomic mass is 9.91. The number of benzene rings is 3. The van der Waals surface area contributed by atoms with Gasteiger partial charge in [-0.1, -0.05) is 42.5 Å². The van der Waals surface area contributed by atoms with Crippen LogP contribution >= 0.6 is 0 Å². The number of hydrogen-bond acceptors (Lipinski definition) is 2. The van der Waals surface area contributed by atoms with Crippen LogP contribution in [0.2, 0.25) is 0 Å². The average molecular weight is 467 g/mol. The minimum Gasteiger partial charge on any atom is -0.491 e. The molecule has 1 aliphatic rings. The van der Waals surface area contributed by atoms with Crippen molar-refractivity contribution in [3.05, 3.63) is 90.3 Å². The topological polar surface area (TPSA) is 18.5 Å². The van der Waals surface area contributed by atoms with Gasteiger partial charge in [0, 0.05) is 11.1 Å². The molecule has 0 aromatic heterocycles. The molecule has 0 radical (unpaired) electrons. The minimum absolute atomic E-state index is 0.0940. The van der Waals surface area contributed by atoms with Crippen LogP contribution in [0, 0.1) is 23.4 Å². The molecule has 4 rings (SSSR count). The number of allylic oxidation sites excluding steroid dienone is 1. The van der Waals surface area contributed by atoms with E-state index in [-0.39, 0.29) is 29.8 Å². The summed E-state index contributed by atoms with van der Waals surface area (Å²) >= 11 is 0. The van der Waals surface area contributed by atoms with Crippen molar-refractivity contribution in [3.8, 4) is 28.0 Å². The highest BCUT2D eigenvalue weighted by atomic mass is 19.2. The molecule has 0 spiro atoms. The van der Waals surface area contributed by atoms with Gasteiger partial charge in [-0.2, -0.15) is 4.39 Å². The maximum absolute atomic E-state index is 15.0. The Bertz CT molecular complexity index is 1130. The second-order valence-corrected chi connectivity index (χ2v) is 8.62. The third-order valence-electron chi connectivity index (χ3n) is 6.37. The lowest BCUT2D eigenvalue weighted by Crippen LogP contribution is -2.20. The molecule has 2 atom stereocenters. The summed E-state index contributed by atoms with van der Waals surface area (Å²) in [6.45, 7) is 6.41. The van der Waals surface area contributed by atoms with Crippen LogP contribution in [0.15, 0.2) is 67.3 Å². The minimum atomic E-state index is -1.01. The van der Waals surface area contributed by atoms with Crippen molar-refractivity contribution in [1.82, 2.24) is 0 Å². The standard InChI is InChI=1S/C29H29F3O2/c1-3-5-6-19-7-15-26(34-18-19)22-12-13-23(25(30)17-22)20-8-10-21(11-9-20)24-14-16-27(33-4-2)29(32)28(24)31/h3,8-14,16-17,19,26H,1,4-7,15,18H2,2H3. The Labute approximate surface area is 199 Å². The van der Waals surface area contributed by atoms with Gasteiger partial charge in [0.2, 0.25) is 5.82 Å². The van der Waals surface area contributed by atoms with Crippen LogP contribution in [0.25, 0.3) is 22.3 Å². The first-order valence-corrected chi connectivity index (χ1v) is 11.7. The third kappa shape index (κ3) is 5.20. The molecular weight excluding hydrogens is 437 g/mol. The molecule has 0 N–H and O–H groups in total. The fourth-order valence-electron chi connectivity index (χ4n) is 4.47. The largest absolute Gasteiger partial charge is 0.491 e. The lowest BCUT2D eigenvalue weighted by Gasteiger charge is -2.29. The molecule has 2 unspecified atom stereocenters. The van der Waals surface area contributed by atoms with Crippen molar-refractivity contribution in [2.24, 2.45) is 5.92 Å². The van der Waals surface area contributed by atoms with Gasteiger partial charge in [0.05, 0.1) is 19.3 Å². The molecule has 178 valence electrons. The summed E-state index contributed by atoms with van der Waals surface area (Å²) in [7, 11) is 0. The zero-order chi connectivity index (χ0) is 24.1. The highest BCUT2D eigenvalue weighted by Gasteiger charge is 2.23. The molecule has 34 heavy (non-hydrogen) atoms. The number of ether oxygens (including phenoxy) is 2. The Morgan fingerprint density at radius 2 is 1.65 bits per heavy atom. The fraction of sp³-hybridized carbons (Fsp3) is 0.310. The predicted molar refractivity (Wildman–Crippen MR) is 129 cm³/mol. The van der Waals surface area contributed by atoms with E-state index < -0.39 is 11.6 Å². The van der Waals surface area contributed by atoms with Crippen molar-refractivity contribution >= 4 is 0 Å². The summed E-state index contributed by atoms with van der Waals surface area (Å²) in [6.07, 6.45) is 5.84. The summed E-state index contributed by atoms with van der Waals surface area (Å²) in [6, 6.07) is 14.8. The molecule has 1 aliphatic heterocycles. The molecule has 0 saturated carbocycles. The first kappa shape index (κ1) is 24.1. The summed E-state index contributed by atoms with van der Waals surface area (Å²) in [5.74, 6) is -1.89. The van der Waals surface area contributed by atoms with Gasteiger partial charge < -0.3 is 9.47 Å². The Kier molecular flexibility index (Phi) is 7.73. The Morgan fingerprint density at radius 1 is 0.941 bits per heavy atom. The number of hydrogen-bond donors (Lipinski definition) is 0.